The third-order valence-electron chi connectivity index (χ3n) is 6.96. The van der Waals surface area contributed by atoms with Gasteiger partial charge in [0.1, 0.15) is 11.3 Å². The van der Waals surface area contributed by atoms with Crippen LogP contribution in [0.3, 0.4) is 0 Å². The standard InChI is InChI=1S/C24H27F2N3O3S/c1-29-14-20(18-9-12-28-22(18)23(29)30)19-13-17(33(27,31)16-3-2-4-16)5-6-21(19)32-15-7-10-24(25,26)11-8-15/h5-6,9,12-16,27-28H,2-4,7-8,10-11H2,1H3. The molecule has 0 radical (unpaired) electrons. The van der Waals surface area contributed by atoms with E-state index in [9.17, 15) is 17.8 Å². The zero-order valence-corrected chi connectivity index (χ0v) is 19.2. The summed E-state index contributed by atoms with van der Waals surface area (Å²) < 4.78 is 56.9. The van der Waals surface area contributed by atoms with E-state index in [0.29, 0.717) is 32.7 Å². The summed E-state index contributed by atoms with van der Waals surface area (Å²) in [5.74, 6) is -2.17. The second-order valence-corrected chi connectivity index (χ2v) is 11.5. The maximum Gasteiger partial charge on any atom is 0.274 e. The van der Waals surface area contributed by atoms with Gasteiger partial charge in [0.05, 0.1) is 15.8 Å². The SMILES string of the molecule is Cn1cc(-c2cc(S(=N)(=O)C3CCC3)ccc2OC2CCC(F)(F)CC2)c2cc[nH]c2c1=O. The summed E-state index contributed by atoms with van der Waals surface area (Å²) >= 11 is 0. The number of rotatable bonds is 5. The van der Waals surface area contributed by atoms with E-state index in [1.807, 2.05) is 0 Å². The summed E-state index contributed by atoms with van der Waals surface area (Å²) in [7, 11) is -1.33. The van der Waals surface area contributed by atoms with Crippen LogP contribution in [0.2, 0.25) is 0 Å². The van der Waals surface area contributed by atoms with Gasteiger partial charge >= 0.3 is 0 Å². The molecule has 1 atom stereocenters. The Morgan fingerprint density at radius 1 is 1.15 bits per heavy atom. The number of H-pyrrole nitrogens is 1. The first-order chi connectivity index (χ1) is 15.7. The highest BCUT2D eigenvalue weighted by atomic mass is 32.2. The van der Waals surface area contributed by atoms with Gasteiger partial charge in [0.2, 0.25) is 5.92 Å². The van der Waals surface area contributed by atoms with E-state index in [1.165, 1.54) is 4.57 Å². The average molecular weight is 476 g/mol. The molecule has 2 aromatic heterocycles. The van der Waals surface area contributed by atoms with Crippen LogP contribution >= 0.6 is 0 Å². The second-order valence-electron chi connectivity index (χ2n) is 9.21. The van der Waals surface area contributed by atoms with Crippen molar-refractivity contribution in [1.82, 2.24) is 9.55 Å². The number of alkyl halides is 2. The third-order valence-corrected chi connectivity index (χ3v) is 9.33. The lowest BCUT2D eigenvalue weighted by atomic mass is 9.94. The highest BCUT2D eigenvalue weighted by Gasteiger charge is 2.36. The predicted octanol–water partition coefficient (Wildman–Crippen LogP) is 5.45. The molecule has 0 aliphatic heterocycles. The number of pyridine rings is 1. The van der Waals surface area contributed by atoms with Crippen molar-refractivity contribution >= 4 is 20.6 Å². The van der Waals surface area contributed by atoms with Gasteiger partial charge in [0, 0.05) is 58.9 Å². The van der Waals surface area contributed by atoms with Crippen molar-refractivity contribution < 1.29 is 17.7 Å². The molecule has 6 nitrogen and oxygen atoms in total. The van der Waals surface area contributed by atoms with Crippen molar-refractivity contribution in [3.8, 4) is 16.9 Å². The molecule has 3 aromatic rings. The molecule has 176 valence electrons. The molecule has 2 saturated carbocycles. The van der Waals surface area contributed by atoms with E-state index < -0.39 is 15.7 Å². The molecule has 2 fully saturated rings. The fourth-order valence-electron chi connectivity index (χ4n) is 4.70. The summed E-state index contributed by atoms with van der Waals surface area (Å²) in [6, 6.07) is 6.90. The van der Waals surface area contributed by atoms with Gasteiger partial charge in [-0.05, 0) is 49.9 Å². The second kappa shape index (κ2) is 7.97. The number of aromatic amines is 1. The Morgan fingerprint density at radius 2 is 1.88 bits per heavy atom. The minimum atomic E-state index is -2.99. The van der Waals surface area contributed by atoms with Gasteiger partial charge in [-0.2, -0.15) is 0 Å². The molecule has 2 aliphatic carbocycles. The van der Waals surface area contributed by atoms with Gasteiger partial charge < -0.3 is 14.3 Å². The number of aryl methyl sites for hydroxylation is 1. The molecular weight excluding hydrogens is 448 g/mol. The van der Waals surface area contributed by atoms with Crippen LogP contribution in [0.15, 0.2) is 46.3 Å². The number of nitrogens with one attached hydrogen (secondary N) is 2. The Kier molecular flexibility index (Phi) is 5.34. The molecule has 2 heterocycles. The summed E-state index contributed by atoms with van der Waals surface area (Å²) in [5.41, 5.74) is 1.58. The van der Waals surface area contributed by atoms with E-state index in [2.05, 4.69) is 4.98 Å². The van der Waals surface area contributed by atoms with Crippen LogP contribution < -0.4 is 10.3 Å². The van der Waals surface area contributed by atoms with Crippen LogP contribution in [0.25, 0.3) is 22.0 Å². The number of aromatic nitrogens is 2. The van der Waals surface area contributed by atoms with Crippen molar-refractivity contribution in [1.29, 1.82) is 4.78 Å². The molecule has 33 heavy (non-hydrogen) atoms. The predicted molar refractivity (Wildman–Crippen MR) is 124 cm³/mol. The van der Waals surface area contributed by atoms with Gasteiger partial charge in [0.15, 0.2) is 0 Å². The van der Waals surface area contributed by atoms with Crippen LogP contribution in [0.4, 0.5) is 8.78 Å². The number of fused-ring (bicyclic) bond motifs is 1. The quantitative estimate of drug-likeness (QED) is 0.514. The minimum Gasteiger partial charge on any atom is -0.490 e. The molecule has 2 N–H and O–H groups in total. The van der Waals surface area contributed by atoms with Gasteiger partial charge in [-0.3, -0.25) is 4.79 Å². The van der Waals surface area contributed by atoms with Crippen molar-refractivity contribution in [3.63, 3.8) is 0 Å². The first-order valence-electron chi connectivity index (χ1n) is 11.3. The molecule has 1 unspecified atom stereocenters. The molecule has 0 spiro atoms. The first kappa shape index (κ1) is 22.1. The van der Waals surface area contributed by atoms with Crippen molar-refractivity contribution in [3.05, 3.63) is 47.0 Å². The number of ether oxygens (including phenoxy) is 1. The zero-order valence-electron chi connectivity index (χ0n) is 18.4. The fraction of sp³-hybridized carbons (Fsp3) is 0.458. The number of hydrogen-bond donors (Lipinski definition) is 2. The average Bonchev–Trinajstić information content (AvgIpc) is 3.21. The topological polar surface area (TPSA) is 87.9 Å². The first-order valence-corrected chi connectivity index (χ1v) is 12.9. The summed E-state index contributed by atoms with van der Waals surface area (Å²) in [5, 5.41) is 0.528. The zero-order chi connectivity index (χ0) is 23.4. The van der Waals surface area contributed by atoms with E-state index in [-0.39, 0.29) is 42.6 Å². The van der Waals surface area contributed by atoms with Crippen molar-refractivity contribution in [2.24, 2.45) is 7.05 Å². The van der Waals surface area contributed by atoms with Crippen molar-refractivity contribution in [2.75, 3.05) is 0 Å². The monoisotopic (exact) mass is 475 g/mol. The Balaban J connectivity index is 1.62. The molecule has 5 rings (SSSR count). The van der Waals surface area contributed by atoms with E-state index in [1.54, 1.807) is 43.7 Å². The van der Waals surface area contributed by atoms with Gasteiger partial charge in [-0.25, -0.2) is 17.8 Å². The Bertz CT molecular complexity index is 1360. The highest BCUT2D eigenvalue weighted by Crippen LogP contribution is 2.41. The van der Waals surface area contributed by atoms with Crippen LogP contribution in [0.1, 0.15) is 44.9 Å². The Hall–Kier alpha value is -2.68. The maximum absolute atomic E-state index is 13.6. The molecule has 9 heteroatoms. The Morgan fingerprint density at radius 3 is 2.55 bits per heavy atom. The largest absolute Gasteiger partial charge is 0.490 e. The van der Waals surface area contributed by atoms with E-state index in [0.717, 1.165) is 19.3 Å². The molecule has 0 saturated heterocycles. The minimum absolute atomic E-state index is 0.162. The highest BCUT2D eigenvalue weighted by molar-refractivity contribution is 7.93. The lowest BCUT2D eigenvalue weighted by Crippen LogP contribution is -2.31. The van der Waals surface area contributed by atoms with E-state index in [4.69, 9.17) is 9.52 Å². The lowest BCUT2D eigenvalue weighted by molar-refractivity contribution is -0.0581. The van der Waals surface area contributed by atoms with Crippen LogP contribution in [-0.2, 0) is 16.8 Å². The fourth-order valence-corrected chi connectivity index (χ4v) is 6.65. The number of benzene rings is 1. The van der Waals surface area contributed by atoms with Gasteiger partial charge in [-0.15, -0.1) is 0 Å². The maximum atomic E-state index is 13.6. The molecule has 1 aromatic carbocycles. The molecule has 2 aliphatic rings. The van der Waals surface area contributed by atoms with Crippen molar-refractivity contribution in [2.45, 2.75) is 67.1 Å². The summed E-state index contributed by atoms with van der Waals surface area (Å²) in [6.45, 7) is 0. The molecule has 0 amide bonds. The number of halogens is 2. The van der Waals surface area contributed by atoms with Gasteiger partial charge in [-0.1, -0.05) is 6.42 Å². The Labute approximate surface area is 190 Å². The van der Waals surface area contributed by atoms with Crippen LogP contribution in [0.5, 0.6) is 5.75 Å². The number of nitrogens with zero attached hydrogens (tertiary/aromatic N) is 1. The molecular formula is C24H27F2N3O3S. The normalized spacial score (nSPS) is 20.9. The van der Waals surface area contributed by atoms with E-state index >= 15 is 0 Å². The molecule has 0 bridgehead atoms. The smallest absolute Gasteiger partial charge is 0.274 e. The number of hydrogen-bond acceptors (Lipinski definition) is 4. The van der Waals surface area contributed by atoms with Crippen LogP contribution in [0, 0.1) is 4.78 Å². The lowest BCUT2D eigenvalue weighted by Gasteiger charge is -2.30. The van der Waals surface area contributed by atoms with Crippen LogP contribution in [-0.4, -0.2) is 31.0 Å². The summed E-state index contributed by atoms with van der Waals surface area (Å²) in [6.07, 6.45) is 5.63. The summed E-state index contributed by atoms with van der Waals surface area (Å²) in [4.78, 5) is 16.0. The third kappa shape index (κ3) is 3.96. The van der Waals surface area contributed by atoms with Gasteiger partial charge in [0.25, 0.3) is 5.56 Å².